The smallest absolute Gasteiger partial charge is 0.300 e. The molecule has 0 radical (unpaired) electrons. The van der Waals surface area contributed by atoms with Crippen LogP contribution in [0.1, 0.15) is 34.7 Å². The number of hydrogen-bond acceptors (Lipinski definition) is 5. The third-order valence-electron chi connectivity index (χ3n) is 3.89. The molecule has 0 saturated carbocycles. The van der Waals surface area contributed by atoms with Gasteiger partial charge in [-0.15, -0.1) is 0 Å². The fourth-order valence-corrected chi connectivity index (χ4v) is 2.93. The number of rotatable bonds is 3. The lowest BCUT2D eigenvalue weighted by Gasteiger charge is -2.31. The van der Waals surface area contributed by atoms with Crippen LogP contribution in [0.5, 0.6) is 0 Å². The molecule has 3 heterocycles. The molecule has 2 saturated heterocycles. The number of nitrogens with one attached hydrogen (secondary N) is 1. The highest BCUT2D eigenvalue weighted by Crippen LogP contribution is 2.28. The van der Waals surface area contributed by atoms with Gasteiger partial charge >= 0.3 is 5.91 Å². The quantitative estimate of drug-likeness (QED) is 0.474. The number of hydrazine groups is 1. The molecule has 2 aliphatic heterocycles. The molecule has 2 atom stereocenters. The van der Waals surface area contributed by atoms with E-state index in [0.717, 1.165) is 43.8 Å². The molecule has 1 amide bonds. The molecule has 2 bridgehead atoms. The zero-order chi connectivity index (χ0) is 13.4. The number of hydrogen-bond donors (Lipinski definition) is 2. The SMILES string of the molecule is Cc1oc(C(=O)NN)cc1CN1CC2CCC(C1)O2. The third-order valence-corrected chi connectivity index (χ3v) is 3.89. The summed E-state index contributed by atoms with van der Waals surface area (Å²) in [6.07, 6.45) is 3.06. The molecule has 3 N–H and O–H groups in total. The molecule has 3 rings (SSSR count). The lowest BCUT2D eigenvalue weighted by molar-refractivity contribution is -0.0411. The first-order valence-corrected chi connectivity index (χ1v) is 6.64. The van der Waals surface area contributed by atoms with E-state index in [-0.39, 0.29) is 5.76 Å². The van der Waals surface area contributed by atoms with Crippen molar-refractivity contribution in [2.45, 2.75) is 38.5 Å². The summed E-state index contributed by atoms with van der Waals surface area (Å²) in [5, 5.41) is 0. The summed E-state index contributed by atoms with van der Waals surface area (Å²) in [5.74, 6) is 5.76. The molecular weight excluding hydrogens is 246 g/mol. The van der Waals surface area contributed by atoms with Crippen LogP contribution in [0.15, 0.2) is 10.5 Å². The van der Waals surface area contributed by atoms with Gasteiger partial charge in [-0.25, -0.2) is 5.84 Å². The number of carbonyl (C=O) groups is 1. The summed E-state index contributed by atoms with van der Waals surface area (Å²) in [5.41, 5.74) is 3.12. The number of nitrogens with two attached hydrogens (primary N) is 1. The summed E-state index contributed by atoms with van der Waals surface area (Å²) in [7, 11) is 0. The highest BCUT2D eigenvalue weighted by molar-refractivity contribution is 5.91. The topological polar surface area (TPSA) is 80.7 Å². The molecule has 0 aromatic carbocycles. The van der Waals surface area contributed by atoms with Crippen LogP contribution in [-0.4, -0.2) is 36.1 Å². The van der Waals surface area contributed by atoms with E-state index in [9.17, 15) is 4.79 Å². The lowest BCUT2D eigenvalue weighted by Crippen LogP contribution is -2.42. The Morgan fingerprint density at radius 2 is 2.16 bits per heavy atom. The van der Waals surface area contributed by atoms with Gasteiger partial charge in [0.2, 0.25) is 0 Å². The minimum atomic E-state index is -0.392. The Bertz CT molecular complexity index is 473. The molecule has 2 unspecified atom stereocenters. The maximum Gasteiger partial charge on any atom is 0.300 e. The van der Waals surface area contributed by atoms with E-state index in [0.29, 0.717) is 12.2 Å². The number of furan rings is 1. The van der Waals surface area contributed by atoms with Crippen LogP contribution >= 0.6 is 0 Å². The Hall–Kier alpha value is -1.37. The van der Waals surface area contributed by atoms with Crippen LogP contribution in [0.2, 0.25) is 0 Å². The number of morpholine rings is 1. The monoisotopic (exact) mass is 265 g/mol. The van der Waals surface area contributed by atoms with Crippen LogP contribution < -0.4 is 11.3 Å². The molecule has 6 heteroatoms. The maximum absolute atomic E-state index is 11.4. The van der Waals surface area contributed by atoms with Crippen molar-refractivity contribution in [3.63, 3.8) is 0 Å². The largest absolute Gasteiger partial charge is 0.456 e. The summed E-state index contributed by atoms with van der Waals surface area (Å²) >= 11 is 0. The van der Waals surface area contributed by atoms with Crippen LogP contribution in [0.4, 0.5) is 0 Å². The van der Waals surface area contributed by atoms with E-state index in [1.807, 2.05) is 6.92 Å². The first kappa shape index (κ1) is 12.7. The number of likely N-dealkylation sites (tertiary alicyclic amines) is 1. The van der Waals surface area contributed by atoms with Crippen molar-refractivity contribution in [3.05, 3.63) is 23.2 Å². The zero-order valence-corrected chi connectivity index (χ0v) is 11.0. The van der Waals surface area contributed by atoms with Crippen LogP contribution in [0.25, 0.3) is 0 Å². The number of aryl methyl sites for hydroxylation is 1. The van der Waals surface area contributed by atoms with Gasteiger partial charge in [0.05, 0.1) is 12.2 Å². The van der Waals surface area contributed by atoms with Gasteiger partial charge in [-0.05, 0) is 25.8 Å². The zero-order valence-electron chi connectivity index (χ0n) is 11.0. The van der Waals surface area contributed by atoms with Crippen molar-refractivity contribution < 1.29 is 13.9 Å². The van der Waals surface area contributed by atoms with Crippen LogP contribution in [-0.2, 0) is 11.3 Å². The van der Waals surface area contributed by atoms with Gasteiger partial charge in [0.15, 0.2) is 5.76 Å². The molecule has 0 aliphatic carbocycles. The van der Waals surface area contributed by atoms with Crippen LogP contribution in [0, 0.1) is 6.92 Å². The number of ether oxygens (including phenoxy) is 1. The summed E-state index contributed by atoms with van der Waals surface area (Å²) < 4.78 is 11.2. The van der Waals surface area contributed by atoms with Gasteiger partial charge in [0.1, 0.15) is 5.76 Å². The molecule has 104 valence electrons. The molecule has 2 fully saturated rings. The summed E-state index contributed by atoms with van der Waals surface area (Å²) in [4.78, 5) is 13.8. The van der Waals surface area contributed by atoms with Gasteiger partial charge in [0, 0.05) is 25.2 Å². The first-order chi connectivity index (χ1) is 9.15. The Morgan fingerprint density at radius 3 is 2.79 bits per heavy atom. The minimum Gasteiger partial charge on any atom is -0.456 e. The summed E-state index contributed by atoms with van der Waals surface area (Å²) in [6, 6.07) is 1.77. The number of amides is 1. The van der Waals surface area contributed by atoms with E-state index >= 15 is 0 Å². The lowest BCUT2D eigenvalue weighted by atomic mass is 10.2. The second-order valence-corrected chi connectivity index (χ2v) is 5.32. The van der Waals surface area contributed by atoms with E-state index in [2.05, 4.69) is 10.3 Å². The predicted octanol–water partition coefficient (Wildman–Crippen LogP) is 0.555. The van der Waals surface area contributed by atoms with Gasteiger partial charge in [-0.2, -0.15) is 0 Å². The van der Waals surface area contributed by atoms with Crippen molar-refractivity contribution >= 4 is 5.91 Å². The standard InChI is InChI=1S/C13H19N3O3/c1-8-9(4-12(18-8)13(17)15-14)5-16-6-10-2-3-11(7-16)19-10/h4,10-11H,2-3,5-7,14H2,1H3,(H,15,17). The summed E-state index contributed by atoms with van der Waals surface area (Å²) in [6.45, 7) is 4.58. The molecule has 0 spiro atoms. The Kier molecular flexibility index (Phi) is 3.30. The Labute approximate surface area is 111 Å². The highest BCUT2D eigenvalue weighted by atomic mass is 16.5. The minimum absolute atomic E-state index is 0.270. The number of carbonyl (C=O) groups excluding carboxylic acids is 1. The van der Waals surface area contributed by atoms with Crippen molar-refractivity contribution in [1.82, 2.24) is 10.3 Å². The van der Waals surface area contributed by atoms with Crippen LogP contribution in [0.3, 0.4) is 0 Å². The fourth-order valence-electron chi connectivity index (χ4n) is 2.93. The Morgan fingerprint density at radius 1 is 1.47 bits per heavy atom. The normalized spacial score (nSPS) is 26.6. The van der Waals surface area contributed by atoms with Crippen molar-refractivity contribution in [1.29, 1.82) is 0 Å². The molecular formula is C13H19N3O3. The van der Waals surface area contributed by atoms with Crippen molar-refractivity contribution in [2.24, 2.45) is 5.84 Å². The first-order valence-electron chi connectivity index (χ1n) is 6.64. The molecule has 2 aliphatic rings. The highest BCUT2D eigenvalue weighted by Gasteiger charge is 2.33. The van der Waals surface area contributed by atoms with Crippen molar-refractivity contribution in [2.75, 3.05) is 13.1 Å². The van der Waals surface area contributed by atoms with Gasteiger partial charge < -0.3 is 9.15 Å². The van der Waals surface area contributed by atoms with E-state index in [4.69, 9.17) is 15.0 Å². The van der Waals surface area contributed by atoms with E-state index in [1.54, 1.807) is 6.07 Å². The fraction of sp³-hybridized carbons (Fsp3) is 0.615. The number of fused-ring (bicyclic) bond motifs is 2. The average molecular weight is 265 g/mol. The van der Waals surface area contributed by atoms with Crippen molar-refractivity contribution in [3.8, 4) is 0 Å². The Balaban J connectivity index is 1.69. The predicted molar refractivity (Wildman–Crippen MR) is 68.3 cm³/mol. The maximum atomic E-state index is 11.4. The van der Waals surface area contributed by atoms with E-state index in [1.165, 1.54) is 0 Å². The number of nitrogen functional groups attached to an aromatic ring is 1. The average Bonchev–Trinajstić information content (AvgIpc) is 2.92. The molecule has 1 aromatic rings. The second kappa shape index (κ2) is 4.96. The second-order valence-electron chi connectivity index (χ2n) is 5.32. The molecule has 6 nitrogen and oxygen atoms in total. The van der Waals surface area contributed by atoms with Gasteiger partial charge in [-0.3, -0.25) is 15.1 Å². The third kappa shape index (κ3) is 2.51. The van der Waals surface area contributed by atoms with Gasteiger partial charge in [-0.1, -0.05) is 0 Å². The van der Waals surface area contributed by atoms with Gasteiger partial charge in [0.25, 0.3) is 0 Å². The molecule has 19 heavy (non-hydrogen) atoms. The van der Waals surface area contributed by atoms with E-state index < -0.39 is 5.91 Å². The molecule has 1 aromatic heterocycles. The number of nitrogens with zero attached hydrogens (tertiary/aromatic N) is 1.